The minimum atomic E-state index is -1.11. The average molecular weight is 179 g/mol. The van der Waals surface area contributed by atoms with Crippen LogP contribution >= 0.6 is 11.6 Å². The predicted molar refractivity (Wildman–Crippen MR) is 44.4 cm³/mol. The van der Waals surface area contributed by atoms with Crippen molar-refractivity contribution in [2.45, 2.75) is 37.9 Å². The molecule has 0 aromatic carbocycles. The van der Waals surface area contributed by atoms with Gasteiger partial charge in [0, 0.05) is 0 Å². The van der Waals surface area contributed by atoms with E-state index in [9.17, 15) is 0 Å². The molecular formula is C8H15ClO2. The first-order chi connectivity index (χ1) is 5.29. The summed E-state index contributed by atoms with van der Waals surface area (Å²) in [4.78, 5) is 0. The predicted octanol–water partition coefficient (Wildman–Crippen LogP) is 2.10. The summed E-state index contributed by atoms with van der Waals surface area (Å²) in [5.74, 6) is -0.492. The number of hydrogen-bond acceptors (Lipinski definition) is 2. The van der Waals surface area contributed by atoms with Crippen LogP contribution in [0, 0.1) is 5.92 Å². The highest BCUT2D eigenvalue weighted by atomic mass is 35.5. The molecule has 0 heterocycles. The van der Waals surface area contributed by atoms with Crippen LogP contribution in [-0.4, -0.2) is 17.5 Å². The summed E-state index contributed by atoms with van der Waals surface area (Å²) in [6.07, 6.45) is 6.39. The van der Waals surface area contributed by atoms with E-state index in [4.69, 9.17) is 21.4 Å². The number of halogens is 1. The number of hydrogen-bond donors (Lipinski definition) is 1. The Morgan fingerprint density at radius 2 is 2.00 bits per heavy atom. The summed E-state index contributed by atoms with van der Waals surface area (Å²) in [5.41, 5.74) is 0. The van der Waals surface area contributed by atoms with E-state index in [1.807, 2.05) is 0 Å². The lowest BCUT2D eigenvalue weighted by atomic mass is 9.90. The van der Waals surface area contributed by atoms with Crippen LogP contribution < -0.4 is 0 Å². The summed E-state index contributed by atoms with van der Waals surface area (Å²) in [6.45, 7) is 0.616. The zero-order valence-corrected chi connectivity index (χ0v) is 7.39. The molecule has 0 aliphatic heterocycles. The first-order valence-corrected chi connectivity index (χ1v) is 4.66. The van der Waals surface area contributed by atoms with Gasteiger partial charge in [0.15, 0.2) is 0 Å². The topological polar surface area (TPSA) is 29.5 Å². The van der Waals surface area contributed by atoms with Gasteiger partial charge in [0.25, 0.3) is 0 Å². The van der Waals surface area contributed by atoms with Gasteiger partial charge in [-0.15, -0.1) is 0 Å². The van der Waals surface area contributed by atoms with Crippen molar-refractivity contribution in [3.05, 3.63) is 0 Å². The molecule has 1 rings (SSSR count). The Balaban J connectivity index is 2.05. The van der Waals surface area contributed by atoms with Gasteiger partial charge in [-0.3, -0.25) is 0 Å². The van der Waals surface area contributed by atoms with Crippen molar-refractivity contribution in [3.8, 4) is 0 Å². The smallest absolute Gasteiger partial charge is 0.234 e. The van der Waals surface area contributed by atoms with Crippen molar-refractivity contribution in [2.24, 2.45) is 5.92 Å². The fourth-order valence-corrected chi connectivity index (χ4v) is 1.64. The van der Waals surface area contributed by atoms with Crippen molar-refractivity contribution >= 4 is 11.6 Å². The molecule has 1 fully saturated rings. The molecule has 0 aromatic rings. The third-order valence-electron chi connectivity index (χ3n) is 2.19. The number of aliphatic hydroxyl groups excluding tert-OH is 1. The molecular weight excluding hydrogens is 164 g/mol. The van der Waals surface area contributed by atoms with Crippen LogP contribution in [-0.2, 0) is 4.74 Å². The SMILES string of the molecule is OC(Cl)OCC1CCCCC1. The molecule has 11 heavy (non-hydrogen) atoms. The van der Waals surface area contributed by atoms with Crippen molar-refractivity contribution in [3.63, 3.8) is 0 Å². The van der Waals surface area contributed by atoms with Gasteiger partial charge in [0.1, 0.15) is 0 Å². The van der Waals surface area contributed by atoms with E-state index < -0.39 is 5.75 Å². The van der Waals surface area contributed by atoms with E-state index in [-0.39, 0.29) is 0 Å². The summed E-state index contributed by atoms with van der Waals surface area (Å²) in [5, 5.41) is 8.63. The highest BCUT2D eigenvalue weighted by Gasteiger charge is 2.14. The maximum Gasteiger partial charge on any atom is 0.234 e. The molecule has 66 valence electrons. The number of alkyl halides is 1. The molecule has 0 saturated heterocycles. The second-order valence-electron chi connectivity index (χ2n) is 3.13. The molecule has 1 unspecified atom stereocenters. The Kier molecular flexibility index (Phi) is 4.20. The Hall–Kier alpha value is 0.210. The van der Waals surface area contributed by atoms with Crippen LogP contribution in [0.4, 0.5) is 0 Å². The maximum absolute atomic E-state index is 8.63. The third kappa shape index (κ3) is 3.94. The van der Waals surface area contributed by atoms with Crippen LogP contribution in [0.1, 0.15) is 32.1 Å². The lowest BCUT2D eigenvalue weighted by molar-refractivity contribution is -0.0559. The quantitative estimate of drug-likeness (QED) is 0.530. The largest absolute Gasteiger partial charge is 0.356 e. The van der Waals surface area contributed by atoms with Crippen molar-refractivity contribution in [2.75, 3.05) is 6.61 Å². The zero-order chi connectivity index (χ0) is 8.10. The molecule has 1 N–H and O–H groups in total. The summed E-state index contributed by atoms with van der Waals surface area (Å²) >= 11 is 5.23. The van der Waals surface area contributed by atoms with E-state index in [2.05, 4.69) is 0 Å². The standard InChI is InChI=1S/C8H15ClO2/c9-8(10)11-6-7-4-2-1-3-5-7/h7-8,10H,1-6H2. The molecule has 0 radical (unpaired) electrons. The normalized spacial score (nSPS) is 23.5. The van der Waals surface area contributed by atoms with Gasteiger partial charge in [0.05, 0.1) is 6.61 Å². The fraction of sp³-hybridized carbons (Fsp3) is 1.00. The molecule has 1 saturated carbocycles. The summed E-state index contributed by atoms with van der Waals surface area (Å²) < 4.78 is 4.90. The van der Waals surface area contributed by atoms with E-state index in [1.54, 1.807) is 0 Å². The molecule has 2 nitrogen and oxygen atoms in total. The number of aliphatic hydroxyl groups is 1. The van der Waals surface area contributed by atoms with E-state index in [1.165, 1.54) is 32.1 Å². The fourth-order valence-electron chi connectivity index (χ4n) is 1.57. The number of ether oxygens (including phenoxy) is 1. The minimum absolute atomic E-state index is 0.616. The van der Waals surface area contributed by atoms with Crippen LogP contribution in [0.25, 0.3) is 0 Å². The van der Waals surface area contributed by atoms with Crippen LogP contribution in [0.3, 0.4) is 0 Å². The monoisotopic (exact) mass is 178 g/mol. The van der Waals surface area contributed by atoms with Crippen molar-refractivity contribution < 1.29 is 9.84 Å². The maximum atomic E-state index is 8.63. The lowest BCUT2D eigenvalue weighted by Crippen LogP contribution is -2.16. The molecule has 1 aliphatic carbocycles. The minimum Gasteiger partial charge on any atom is -0.356 e. The molecule has 1 aliphatic rings. The average Bonchev–Trinajstić information content (AvgIpc) is 2.03. The Morgan fingerprint density at radius 1 is 1.36 bits per heavy atom. The first kappa shape index (κ1) is 9.30. The molecule has 0 spiro atoms. The molecule has 0 amide bonds. The first-order valence-electron chi connectivity index (χ1n) is 4.23. The Bertz CT molecular complexity index is 100. The Labute approximate surface area is 72.5 Å². The third-order valence-corrected chi connectivity index (χ3v) is 2.32. The van der Waals surface area contributed by atoms with Gasteiger partial charge in [-0.1, -0.05) is 30.9 Å². The van der Waals surface area contributed by atoms with Gasteiger partial charge in [-0.25, -0.2) is 0 Å². The highest BCUT2D eigenvalue weighted by Crippen LogP contribution is 2.23. The van der Waals surface area contributed by atoms with Gasteiger partial charge < -0.3 is 9.84 Å². The molecule has 1 atom stereocenters. The molecule has 3 heteroatoms. The second-order valence-corrected chi connectivity index (χ2v) is 3.50. The summed E-state index contributed by atoms with van der Waals surface area (Å²) in [6, 6.07) is 0. The van der Waals surface area contributed by atoms with Crippen LogP contribution in [0.2, 0.25) is 0 Å². The van der Waals surface area contributed by atoms with Crippen molar-refractivity contribution in [1.29, 1.82) is 0 Å². The van der Waals surface area contributed by atoms with E-state index in [0.29, 0.717) is 12.5 Å². The second kappa shape index (κ2) is 4.96. The van der Waals surface area contributed by atoms with Gasteiger partial charge in [-0.05, 0) is 18.8 Å². The van der Waals surface area contributed by atoms with Gasteiger partial charge >= 0.3 is 0 Å². The highest BCUT2D eigenvalue weighted by molar-refractivity contribution is 6.18. The Morgan fingerprint density at radius 3 is 2.55 bits per heavy atom. The van der Waals surface area contributed by atoms with Crippen molar-refractivity contribution in [1.82, 2.24) is 0 Å². The van der Waals surface area contributed by atoms with E-state index in [0.717, 1.165) is 0 Å². The van der Waals surface area contributed by atoms with E-state index >= 15 is 0 Å². The molecule has 0 aromatic heterocycles. The lowest BCUT2D eigenvalue weighted by Gasteiger charge is -2.21. The van der Waals surface area contributed by atoms with Crippen LogP contribution in [0.5, 0.6) is 0 Å². The van der Waals surface area contributed by atoms with Crippen LogP contribution in [0.15, 0.2) is 0 Å². The number of rotatable bonds is 3. The molecule has 0 bridgehead atoms. The van der Waals surface area contributed by atoms with Gasteiger partial charge in [0.2, 0.25) is 5.75 Å². The zero-order valence-electron chi connectivity index (χ0n) is 6.63. The van der Waals surface area contributed by atoms with Gasteiger partial charge in [-0.2, -0.15) is 0 Å². The summed E-state index contributed by atoms with van der Waals surface area (Å²) in [7, 11) is 0.